The minimum atomic E-state index is -5.23. The van der Waals surface area contributed by atoms with Crippen LogP contribution in [-0.4, -0.2) is 47.1 Å². The summed E-state index contributed by atoms with van der Waals surface area (Å²) in [6.07, 6.45) is -6.21. The fraction of sp³-hybridized carbons (Fsp3) is 0.290. The molecule has 3 atom stereocenters. The predicted octanol–water partition coefficient (Wildman–Crippen LogP) is 5.10. The number of benzene rings is 3. The number of hydrogen-bond donors (Lipinski definition) is 1. The topological polar surface area (TPSA) is 111 Å². The summed E-state index contributed by atoms with van der Waals surface area (Å²) >= 11 is 0. The zero-order valence-electron chi connectivity index (χ0n) is 23.2. The number of rotatable bonds is 10. The number of likely N-dealkylation sites (tertiary alicyclic amines) is 1. The molecule has 3 unspecified atom stereocenters. The van der Waals surface area contributed by atoms with E-state index in [0.29, 0.717) is 11.1 Å². The van der Waals surface area contributed by atoms with Crippen molar-refractivity contribution in [1.29, 1.82) is 0 Å². The van der Waals surface area contributed by atoms with E-state index in [1.165, 1.54) is 24.3 Å². The van der Waals surface area contributed by atoms with Crippen LogP contribution in [0.1, 0.15) is 36.6 Å². The van der Waals surface area contributed by atoms with Gasteiger partial charge in [0.15, 0.2) is 0 Å². The summed E-state index contributed by atoms with van der Waals surface area (Å²) in [5.41, 5.74) is 1.75. The molecule has 0 bridgehead atoms. The van der Waals surface area contributed by atoms with Crippen LogP contribution in [0.5, 0.6) is 5.75 Å². The molecule has 1 fully saturated rings. The Kier molecular flexibility index (Phi) is 9.69. The minimum absolute atomic E-state index is 0.0194. The minimum Gasteiger partial charge on any atom is -0.459 e. The van der Waals surface area contributed by atoms with Gasteiger partial charge in [0.2, 0.25) is 5.91 Å². The number of carbonyl (C=O) groups excluding carboxylic acids is 4. The third-order valence-corrected chi connectivity index (χ3v) is 6.70. The highest BCUT2D eigenvalue weighted by molar-refractivity contribution is 5.97. The Morgan fingerprint density at radius 3 is 1.88 bits per heavy atom. The first-order valence-electron chi connectivity index (χ1n) is 13.3. The average Bonchev–Trinajstić information content (AvgIpc) is 2.99. The van der Waals surface area contributed by atoms with Crippen molar-refractivity contribution in [1.82, 2.24) is 10.2 Å². The van der Waals surface area contributed by atoms with Gasteiger partial charge in [0, 0.05) is 0 Å². The van der Waals surface area contributed by atoms with E-state index in [1.807, 2.05) is 6.07 Å². The molecule has 1 aliphatic rings. The van der Waals surface area contributed by atoms with E-state index >= 15 is 0 Å². The van der Waals surface area contributed by atoms with Crippen molar-refractivity contribution in [3.05, 3.63) is 102 Å². The molecule has 43 heavy (non-hydrogen) atoms. The lowest BCUT2D eigenvalue weighted by Gasteiger charge is -2.51. The summed E-state index contributed by atoms with van der Waals surface area (Å²) in [6.45, 7) is 3.24. The molecule has 3 aromatic carbocycles. The SMILES string of the molecule is CC(C)C(C(=O)OCc1ccccc1)N1C(=O)C(NC(=O)C(F)(F)F)C1c1ccc(OC(=O)OCc2ccccc2)cc1. The van der Waals surface area contributed by atoms with E-state index in [9.17, 15) is 32.3 Å². The van der Waals surface area contributed by atoms with Crippen molar-refractivity contribution < 1.29 is 46.6 Å². The number of hydrogen-bond acceptors (Lipinski definition) is 7. The Balaban J connectivity index is 1.52. The highest BCUT2D eigenvalue weighted by Crippen LogP contribution is 2.40. The second-order valence-electron chi connectivity index (χ2n) is 10.1. The summed E-state index contributed by atoms with van der Waals surface area (Å²) in [5.74, 6) is -4.33. The number of amides is 2. The van der Waals surface area contributed by atoms with Gasteiger partial charge < -0.3 is 24.4 Å². The molecule has 1 aliphatic heterocycles. The summed E-state index contributed by atoms with van der Waals surface area (Å²) in [4.78, 5) is 51.4. The van der Waals surface area contributed by atoms with Gasteiger partial charge in [-0.1, -0.05) is 86.6 Å². The Bertz CT molecular complexity index is 1430. The number of ether oxygens (including phenoxy) is 3. The van der Waals surface area contributed by atoms with Crippen LogP contribution in [0.2, 0.25) is 0 Å². The van der Waals surface area contributed by atoms with E-state index in [0.717, 1.165) is 10.5 Å². The van der Waals surface area contributed by atoms with Crippen LogP contribution in [0.25, 0.3) is 0 Å². The summed E-state index contributed by atoms with van der Waals surface area (Å²) in [7, 11) is 0. The number of esters is 1. The zero-order valence-corrected chi connectivity index (χ0v) is 23.2. The van der Waals surface area contributed by atoms with E-state index < -0.39 is 54.2 Å². The van der Waals surface area contributed by atoms with Gasteiger partial charge in [-0.2, -0.15) is 13.2 Å². The fourth-order valence-corrected chi connectivity index (χ4v) is 4.63. The Hall–Kier alpha value is -4.87. The largest absolute Gasteiger partial charge is 0.514 e. The van der Waals surface area contributed by atoms with Gasteiger partial charge >= 0.3 is 24.2 Å². The van der Waals surface area contributed by atoms with Gasteiger partial charge in [-0.15, -0.1) is 0 Å². The normalized spacial score (nSPS) is 17.1. The highest BCUT2D eigenvalue weighted by Gasteiger charge is 2.56. The van der Waals surface area contributed by atoms with Crippen molar-refractivity contribution in [2.24, 2.45) is 5.92 Å². The van der Waals surface area contributed by atoms with Crippen molar-refractivity contribution in [2.75, 3.05) is 0 Å². The van der Waals surface area contributed by atoms with Crippen molar-refractivity contribution >= 4 is 23.9 Å². The first kappa shape index (κ1) is 31.1. The molecule has 3 aromatic rings. The molecule has 0 aliphatic carbocycles. The third-order valence-electron chi connectivity index (χ3n) is 6.70. The molecule has 1 N–H and O–H groups in total. The standard InChI is InChI=1S/C31H29F3N2O7/c1-19(2)25(28(38)41-17-20-9-5-3-6-10-20)36-26(24(27(36)37)35-29(39)31(32,33)34)22-13-15-23(16-14-22)43-30(40)42-18-21-11-7-4-8-12-21/h3-16,19,24-26H,17-18H2,1-2H3,(H,35,39). The monoisotopic (exact) mass is 598 g/mol. The number of alkyl halides is 3. The molecule has 0 aromatic heterocycles. The lowest BCUT2D eigenvalue weighted by atomic mass is 9.84. The second-order valence-corrected chi connectivity index (χ2v) is 10.1. The van der Waals surface area contributed by atoms with E-state index in [1.54, 1.807) is 73.8 Å². The molecule has 0 spiro atoms. The van der Waals surface area contributed by atoms with Gasteiger partial charge in [0.1, 0.15) is 31.0 Å². The fourth-order valence-electron chi connectivity index (χ4n) is 4.63. The van der Waals surface area contributed by atoms with Gasteiger partial charge in [-0.25, -0.2) is 9.59 Å². The smallest absolute Gasteiger partial charge is 0.459 e. The highest BCUT2D eigenvalue weighted by atomic mass is 19.4. The maximum Gasteiger partial charge on any atom is 0.514 e. The number of nitrogens with zero attached hydrogens (tertiary/aromatic N) is 1. The first-order valence-corrected chi connectivity index (χ1v) is 13.3. The van der Waals surface area contributed by atoms with Gasteiger partial charge in [-0.05, 0) is 34.7 Å². The molecule has 0 saturated carbocycles. The van der Waals surface area contributed by atoms with Crippen LogP contribution in [0.3, 0.4) is 0 Å². The Labute approximate surface area is 245 Å². The third kappa shape index (κ3) is 7.70. The van der Waals surface area contributed by atoms with E-state index in [4.69, 9.17) is 14.2 Å². The summed E-state index contributed by atoms with van der Waals surface area (Å²) < 4.78 is 54.9. The molecule has 12 heteroatoms. The maximum absolute atomic E-state index is 13.2. The zero-order chi connectivity index (χ0) is 31.1. The second kappa shape index (κ2) is 13.4. The number of carbonyl (C=O) groups is 4. The van der Waals surface area contributed by atoms with Gasteiger partial charge in [0.05, 0.1) is 6.04 Å². The Morgan fingerprint density at radius 2 is 1.37 bits per heavy atom. The average molecular weight is 599 g/mol. The molecule has 1 saturated heterocycles. The lowest BCUT2D eigenvalue weighted by molar-refractivity contribution is -0.183. The molecule has 226 valence electrons. The van der Waals surface area contributed by atoms with Crippen LogP contribution in [0.4, 0.5) is 18.0 Å². The lowest BCUT2D eigenvalue weighted by Crippen LogP contribution is -2.71. The van der Waals surface area contributed by atoms with Crippen molar-refractivity contribution in [3.63, 3.8) is 0 Å². The predicted molar refractivity (Wildman–Crippen MR) is 146 cm³/mol. The quantitative estimate of drug-likeness (QED) is 0.196. The number of halogens is 3. The van der Waals surface area contributed by atoms with Crippen LogP contribution in [0.15, 0.2) is 84.9 Å². The van der Waals surface area contributed by atoms with E-state index in [2.05, 4.69) is 0 Å². The molecule has 0 radical (unpaired) electrons. The Morgan fingerprint density at radius 1 is 0.837 bits per heavy atom. The van der Waals surface area contributed by atoms with Crippen LogP contribution < -0.4 is 10.1 Å². The molecule has 9 nitrogen and oxygen atoms in total. The van der Waals surface area contributed by atoms with Crippen LogP contribution in [-0.2, 0) is 37.1 Å². The van der Waals surface area contributed by atoms with Gasteiger partial charge in [-0.3, -0.25) is 9.59 Å². The van der Waals surface area contributed by atoms with Crippen molar-refractivity contribution in [2.45, 2.75) is 51.4 Å². The van der Waals surface area contributed by atoms with Crippen molar-refractivity contribution in [3.8, 4) is 5.75 Å². The molecular weight excluding hydrogens is 569 g/mol. The van der Waals surface area contributed by atoms with Gasteiger partial charge in [0.25, 0.3) is 0 Å². The van der Waals surface area contributed by atoms with E-state index in [-0.39, 0.29) is 19.0 Å². The van der Waals surface area contributed by atoms with Crippen LogP contribution >= 0.6 is 0 Å². The summed E-state index contributed by atoms with van der Waals surface area (Å²) in [6, 6.07) is 19.4. The molecule has 1 heterocycles. The van der Waals surface area contributed by atoms with Crippen LogP contribution in [0, 0.1) is 5.92 Å². The molecule has 4 rings (SSSR count). The first-order chi connectivity index (χ1) is 20.5. The maximum atomic E-state index is 13.2. The molecular formula is C31H29F3N2O7. The number of β-lactam (4-membered cyclic amide) rings is 1. The molecule has 2 amide bonds. The summed E-state index contributed by atoms with van der Waals surface area (Å²) in [5, 5.41) is 1.74. The number of nitrogens with one attached hydrogen (secondary N) is 1.